The van der Waals surface area contributed by atoms with E-state index in [2.05, 4.69) is 32.6 Å². The molecule has 0 radical (unpaired) electrons. The molecule has 0 aliphatic rings. The number of carbonyl (C=O) groups excluding carboxylic acids is 2. The number of likely N-dealkylation sites (N-methyl/N-ethyl adjacent to an activating group) is 1. The summed E-state index contributed by atoms with van der Waals surface area (Å²) in [5.41, 5.74) is 0. The van der Waals surface area contributed by atoms with Crippen molar-refractivity contribution in [1.82, 2.24) is 4.90 Å². The highest BCUT2D eigenvalue weighted by molar-refractivity contribution is 5.69. The van der Waals surface area contributed by atoms with E-state index in [0.29, 0.717) is 76.7 Å². The van der Waals surface area contributed by atoms with E-state index < -0.39 is 12.2 Å². The molecule has 0 spiro atoms. The Bertz CT molecular complexity index is 478. The molecule has 2 N–H and O–H groups in total. The van der Waals surface area contributed by atoms with Crippen LogP contribution in [0.2, 0.25) is 0 Å². The van der Waals surface area contributed by atoms with Crippen molar-refractivity contribution in [2.45, 2.75) is 124 Å². The smallest absolute Gasteiger partial charge is 0.305 e. The van der Waals surface area contributed by atoms with Crippen molar-refractivity contribution in [1.29, 1.82) is 0 Å². The third-order valence-electron chi connectivity index (χ3n) is 6.99. The van der Waals surface area contributed by atoms with E-state index >= 15 is 0 Å². The van der Waals surface area contributed by atoms with Gasteiger partial charge in [0.15, 0.2) is 0 Å². The number of nitrogens with zero attached hydrogens (tertiary/aromatic N) is 1. The average Bonchev–Trinajstić information content (AvgIpc) is 2.85. The number of esters is 2. The topological polar surface area (TPSA) is 96.3 Å². The summed E-state index contributed by atoms with van der Waals surface area (Å²) in [5, 5.41) is 20.8. The van der Waals surface area contributed by atoms with Gasteiger partial charge in [-0.25, -0.2) is 0 Å². The van der Waals surface area contributed by atoms with Crippen LogP contribution >= 0.6 is 0 Å². The summed E-state index contributed by atoms with van der Waals surface area (Å²) in [5.74, 6) is 0.585. The Morgan fingerprint density at radius 2 is 1.03 bits per heavy atom. The number of hydrogen-bond acceptors (Lipinski definition) is 7. The molecule has 0 rings (SSSR count). The molecule has 0 aromatic rings. The molecule has 0 fully saturated rings. The largest absolute Gasteiger partial charge is 0.465 e. The van der Waals surface area contributed by atoms with Crippen LogP contribution in [0, 0.1) is 11.8 Å². The van der Waals surface area contributed by atoms with Crippen LogP contribution in [-0.4, -0.2) is 72.1 Å². The molecule has 0 aliphatic heterocycles. The van der Waals surface area contributed by atoms with Gasteiger partial charge in [0, 0.05) is 25.9 Å². The van der Waals surface area contributed by atoms with Gasteiger partial charge in [0.25, 0.3) is 0 Å². The van der Waals surface area contributed by atoms with Crippen molar-refractivity contribution in [2.75, 3.05) is 32.8 Å². The molecule has 208 valence electrons. The summed E-state index contributed by atoms with van der Waals surface area (Å²) in [4.78, 5) is 25.8. The molecule has 0 aromatic carbocycles. The number of hydrogen-bond donors (Lipinski definition) is 2. The summed E-state index contributed by atoms with van der Waals surface area (Å²) in [6.07, 6.45) is 8.15. The minimum Gasteiger partial charge on any atom is -0.465 e. The molecule has 35 heavy (non-hydrogen) atoms. The first kappa shape index (κ1) is 33.8. The lowest BCUT2D eigenvalue weighted by Crippen LogP contribution is -2.38. The van der Waals surface area contributed by atoms with E-state index in [1.807, 2.05) is 6.92 Å². The quantitative estimate of drug-likeness (QED) is 0.148. The molecule has 0 bridgehead atoms. The van der Waals surface area contributed by atoms with Gasteiger partial charge >= 0.3 is 11.9 Å². The summed E-state index contributed by atoms with van der Waals surface area (Å²) < 4.78 is 10.7. The lowest BCUT2D eigenvalue weighted by molar-refractivity contribution is -0.146. The highest BCUT2D eigenvalue weighted by atomic mass is 16.5. The molecule has 0 saturated heterocycles. The zero-order valence-electron chi connectivity index (χ0n) is 23.3. The second-order valence-electron chi connectivity index (χ2n) is 9.88. The van der Waals surface area contributed by atoms with Gasteiger partial charge < -0.3 is 19.7 Å². The Morgan fingerprint density at radius 3 is 1.34 bits per heavy atom. The molecule has 0 heterocycles. The van der Waals surface area contributed by atoms with Crippen LogP contribution < -0.4 is 0 Å². The van der Waals surface area contributed by atoms with Crippen LogP contribution in [0.25, 0.3) is 0 Å². The molecule has 0 aromatic heterocycles. The average molecular weight is 502 g/mol. The molecule has 0 aliphatic carbocycles. The SMILES string of the molecule is CCC(CC)COC(=O)CCCCC(O)CN(CC)CC(O)CCCCC(=O)OCC(CC)CC. The predicted molar refractivity (Wildman–Crippen MR) is 141 cm³/mol. The van der Waals surface area contributed by atoms with Crippen molar-refractivity contribution >= 4 is 11.9 Å². The van der Waals surface area contributed by atoms with Crippen LogP contribution in [0.15, 0.2) is 0 Å². The zero-order valence-corrected chi connectivity index (χ0v) is 23.3. The Labute approximate surface area is 214 Å². The highest BCUT2D eigenvalue weighted by Crippen LogP contribution is 2.12. The van der Waals surface area contributed by atoms with Crippen LogP contribution in [0.5, 0.6) is 0 Å². The van der Waals surface area contributed by atoms with E-state index in [1.54, 1.807) is 0 Å². The number of carbonyl (C=O) groups is 2. The second kappa shape index (κ2) is 22.1. The minimum atomic E-state index is -0.479. The fourth-order valence-corrected chi connectivity index (χ4v) is 4.02. The van der Waals surface area contributed by atoms with E-state index in [4.69, 9.17) is 9.47 Å². The van der Waals surface area contributed by atoms with E-state index in [9.17, 15) is 19.8 Å². The summed E-state index contributed by atoms with van der Waals surface area (Å²) in [6, 6.07) is 0. The van der Waals surface area contributed by atoms with E-state index in [1.165, 1.54) is 0 Å². The van der Waals surface area contributed by atoms with Crippen molar-refractivity contribution in [3.63, 3.8) is 0 Å². The molecule has 7 heteroatoms. The molecular weight excluding hydrogens is 446 g/mol. The van der Waals surface area contributed by atoms with Crippen LogP contribution in [-0.2, 0) is 19.1 Å². The number of ether oxygens (including phenoxy) is 2. The van der Waals surface area contributed by atoms with E-state index in [-0.39, 0.29) is 11.9 Å². The molecule has 0 amide bonds. The first-order chi connectivity index (χ1) is 16.8. The van der Waals surface area contributed by atoms with Crippen LogP contribution in [0.4, 0.5) is 0 Å². The Kier molecular flexibility index (Phi) is 21.3. The van der Waals surface area contributed by atoms with Gasteiger partial charge in [0.2, 0.25) is 0 Å². The zero-order chi connectivity index (χ0) is 26.5. The Morgan fingerprint density at radius 1 is 0.657 bits per heavy atom. The molecule has 7 nitrogen and oxygen atoms in total. The standard InChI is InChI=1S/C28H55NO6/c1-6-23(7-2)21-34-27(32)17-13-11-15-25(30)19-29(10-5)20-26(31)16-12-14-18-28(33)35-22-24(8-3)9-4/h23-26,30-31H,6-22H2,1-5H3. The monoisotopic (exact) mass is 501 g/mol. The number of unbranched alkanes of at least 4 members (excludes halogenated alkanes) is 2. The van der Waals surface area contributed by atoms with Gasteiger partial charge in [-0.3, -0.25) is 14.5 Å². The molecule has 2 atom stereocenters. The number of rotatable bonds is 23. The minimum absolute atomic E-state index is 0.149. The number of aliphatic hydroxyl groups is 2. The van der Waals surface area contributed by atoms with Gasteiger partial charge in [-0.15, -0.1) is 0 Å². The molecule has 0 saturated carbocycles. The van der Waals surface area contributed by atoms with Crippen molar-refractivity contribution in [2.24, 2.45) is 11.8 Å². The van der Waals surface area contributed by atoms with Gasteiger partial charge in [-0.1, -0.05) is 73.1 Å². The van der Waals surface area contributed by atoms with Crippen molar-refractivity contribution in [3.8, 4) is 0 Å². The fourth-order valence-electron chi connectivity index (χ4n) is 4.02. The normalized spacial score (nSPS) is 13.4. The van der Waals surface area contributed by atoms with Gasteiger partial charge in [0.05, 0.1) is 25.4 Å². The summed E-state index contributed by atoms with van der Waals surface area (Å²) in [7, 11) is 0. The van der Waals surface area contributed by atoms with E-state index in [0.717, 1.165) is 45.1 Å². The third kappa shape index (κ3) is 18.7. The lowest BCUT2D eigenvalue weighted by Gasteiger charge is -2.26. The van der Waals surface area contributed by atoms with Gasteiger partial charge in [0.1, 0.15) is 0 Å². The maximum Gasteiger partial charge on any atom is 0.305 e. The Hall–Kier alpha value is -1.18. The Balaban J connectivity index is 3.95. The maximum atomic E-state index is 11.9. The van der Waals surface area contributed by atoms with Gasteiger partial charge in [-0.05, 0) is 44.1 Å². The second-order valence-corrected chi connectivity index (χ2v) is 9.88. The molecular formula is C28H55NO6. The third-order valence-corrected chi connectivity index (χ3v) is 6.99. The molecule has 2 unspecified atom stereocenters. The predicted octanol–water partition coefficient (Wildman–Crippen LogP) is 5.11. The summed E-state index contributed by atoms with van der Waals surface area (Å²) >= 11 is 0. The van der Waals surface area contributed by atoms with Crippen molar-refractivity contribution in [3.05, 3.63) is 0 Å². The fraction of sp³-hybridized carbons (Fsp3) is 0.929. The van der Waals surface area contributed by atoms with Crippen LogP contribution in [0.3, 0.4) is 0 Å². The number of aliphatic hydroxyl groups excluding tert-OH is 2. The van der Waals surface area contributed by atoms with Gasteiger partial charge in [-0.2, -0.15) is 0 Å². The van der Waals surface area contributed by atoms with Crippen LogP contribution in [0.1, 0.15) is 112 Å². The first-order valence-corrected chi connectivity index (χ1v) is 14.2. The lowest BCUT2D eigenvalue weighted by atomic mass is 10.1. The maximum absolute atomic E-state index is 11.9. The summed E-state index contributed by atoms with van der Waals surface area (Å²) in [6.45, 7) is 13.2. The highest BCUT2D eigenvalue weighted by Gasteiger charge is 2.16. The van der Waals surface area contributed by atoms with Crippen molar-refractivity contribution < 1.29 is 29.3 Å². The first-order valence-electron chi connectivity index (χ1n) is 14.2.